The summed E-state index contributed by atoms with van der Waals surface area (Å²) in [7, 11) is 1.91. The molecule has 0 radical (unpaired) electrons. The minimum Gasteiger partial charge on any atom is -0.432 e. The molecule has 0 aliphatic carbocycles. The second kappa shape index (κ2) is 16.3. The molecular formula is C40H40ClFN2O3S. The van der Waals surface area contributed by atoms with Crippen LogP contribution in [0.3, 0.4) is 0 Å². The summed E-state index contributed by atoms with van der Waals surface area (Å²) in [4.78, 5) is 16.3. The maximum atomic E-state index is 12.9. The molecule has 1 fully saturated rings. The zero-order valence-electron chi connectivity index (χ0n) is 27.2. The van der Waals surface area contributed by atoms with Gasteiger partial charge in [0.1, 0.15) is 11.6 Å². The first kappa shape index (κ1) is 35.2. The smallest absolute Gasteiger partial charge is 0.269 e. The van der Waals surface area contributed by atoms with E-state index in [0.29, 0.717) is 35.0 Å². The second-order valence-electron chi connectivity index (χ2n) is 12.2. The predicted molar refractivity (Wildman–Crippen MR) is 198 cm³/mol. The van der Waals surface area contributed by atoms with E-state index in [2.05, 4.69) is 36.1 Å². The molecule has 1 heterocycles. The minimum absolute atomic E-state index is 0.0414. The van der Waals surface area contributed by atoms with Gasteiger partial charge in [0, 0.05) is 42.8 Å². The van der Waals surface area contributed by atoms with Crippen molar-refractivity contribution in [2.45, 2.75) is 38.2 Å². The molecule has 1 saturated heterocycles. The van der Waals surface area contributed by atoms with Gasteiger partial charge in [-0.1, -0.05) is 66.2 Å². The van der Waals surface area contributed by atoms with Crippen molar-refractivity contribution in [2.24, 2.45) is 0 Å². The number of likely N-dealkylation sites (tertiary alicyclic amines) is 1. The van der Waals surface area contributed by atoms with E-state index >= 15 is 0 Å². The third-order valence-corrected chi connectivity index (χ3v) is 9.31. The van der Waals surface area contributed by atoms with Gasteiger partial charge in [0.25, 0.3) is 5.17 Å². The number of Topliss-reactive ketones (excluding diaryl/α,β-unsaturated/α-hetero) is 1. The SMILES string of the molecule is Cc1cccc(N(C)C(=S)Oc2ccc3ccccc3c2)c1.O=C(CCCN1CCC(O)(c2ccc(Cl)cc2)CC1)c1ccc(F)cc1. The lowest BCUT2D eigenvalue weighted by atomic mass is 9.84. The molecule has 6 rings (SSSR count). The number of fused-ring (bicyclic) bond motifs is 1. The topological polar surface area (TPSA) is 53.0 Å². The average Bonchev–Trinajstić information content (AvgIpc) is 3.09. The Kier molecular flexibility index (Phi) is 12.0. The highest BCUT2D eigenvalue weighted by Crippen LogP contribution is 2.33. The Balaban J connectivity index is 0.000000190. The quantitative estimate of drug-likeness (QED) is 0.130. The van der Waals surface area contributed by atoms with Gasteiger partial charge in [0.2, 0.25) is 0 Å². The molecule has 48 heavy (non-hydrogen) atoms. The Morgan fingerprint density at radius 1 is 0.917 bits per heavy atom. The highest BCUT2D eigenvalue weighted by molar-refractivity contribution is 7.80. The number of hydrogen-bond donors (Lipinski definition) is 1. The Hall–Kier alpha value is -4.14. The van der Waals surface area contributed by atoms with Crippen molar-refractivity contribution in [2.75, 3.05) is 31.6 Å². The number of carbonyl (C=O) groups is 1. The number of benzene rings is 5. The van der Waals surface area contributed by atoms with Gasteiger partial charge in [-0.2, -0.15) is 0 Å². The average molecular weight is 683 g/mol. The summed E-state index contributed by atoms with van der Waals surface area (Å²) in [6.07, 6.45) is 2.54. The van der Waals surface area contributed by atoms with Crippen molar-refractivity contribution in [3.05, 3.63) is 143 Å². The van der Waals surface area contributed by atoms with Crippen LogP contribution in [-0.4, -0.2) is 47.6 Å². The maximum absolute atomic E-state index is 12.9. The van der Waals surface area contributed by atoms with E-state index in [-0.39, 0.29) is 11.6 Å². The van der Waals surface area contributed by atoms with E-state index in [4.69, 9.17) is 28.6 Å². The van der Waals surface area contributed by atoms with Crippen molar-refractivity contribution in [1.29, 1.82) is 0 Å². The van der Waals surface area contributed by atoms with Crippen LogP contribution in [0.15, 0.2) is 115 Å². The van der Waals surface area contributed by atoms with Crippen molar-refractivity contribution in [1.82, 2.24) is 4.90 Å². The fourth-order valence-electron chi connectivity index (χ4n) is 5.78. The number of aryl methyl sites for hydroxylation is 1. The van der Waals surface area contributed by atoms with E-state index < -0.39 is 5.60 Å². The number of halogens is 2. The summed E-state index contributed by atoms with van der Waals surface area (Å²) in [6, 6.07) is 35.4. The lowest BCUT2D eigenvalue weighted by Gasteiger charge is -2.38. The number of nitrogens with zero attached hydrogens (tertiary/aromatic N) is 2. The number of ketones is 1. The van der Waals surface area contributed by atoms with Crippen LogP contribution in [0.25, 0.3) is 10.8 Å². The van der Waals surface area contributed by atoms with Gasteiger partial charge in [-0.15, -0.1) is 0 Å². The van der Waals surface area contributed by atoms with Gasteiger partial charge in [0.05, 0.1) is 5.60 Å². The third-order valence-electron chi connectivity index (χ3n) is 8.70. The number of ether oxygens (including phenoxy) is 1. The van der Waals surface area contributed by atoms with Crippen molar-refractivity contribution in [3.63, 3.8) is 0 Å². The highest BCUT2D eigenvalue weighted by Gasteiger charge is 2.33. The molecule has 1 N–H and O–H groups in total. The number of thiocarbonyl (C=S) groups is 1. The highest BCUT2D eigenvalue weighted by atomic mass is 35.5. The summed E-state index contributed by atoms with van der Waals surface area (Å²) in [5, 5.41) is 14.3. The van der Waals surface area contributed by atoms with Crippen LogP contribution < -0.4 is 9.64 Å². The first-order chi connectivity index (χ1) is 23.1. The molecule has 5 nitrogen and oxygen atoms in total. The van der Waals surface area contributed by atoms with E-state index in [1.165, 1.54) is 35.2 Å². The zero-order chi connectivity index (χ0) is 34.1. The van der Waals surface area contributed by atoms with Gasteiger partial charge in [0.15, 0.2) is 5.78 Å². The number of anilines is 1. The molecule has 8 heteroatoms. The largest absolute Gasteiger partial charge is 0.432 e. The Morgan fingerprint density at radius 3 is 2.29 bits per heavy atom. The molecule has 0 spiro atoms. The normalized spacial score (nSPS) is 14.1. The van der Waals surface area contributed by atoms with Gasteiger partial charge in [-0.3, -0.25) is 4.79 Å². The molecule has 1 aliphatic heterocycles. The van der Waals surface area contributed by atoms with E-state index in [0.717, 1.165) is 48.4 Å². The molecule has 0 saturated carbocycles. The minimum atomic E-state index is -0.801. The fraction of sp³-hybridized carbons (Fsp3) is 0.250. The van der Waals surface area contributed by atoms with Crippen LogP contribution in [0.2, 0.25) is 5.02 Å². The van der Waals surface area contributed by atoms with Crippen LogP contribution in [0.1, 0.15) is 47.2 Å². The Bertz CT molecular complexity index is 1840. The monoisotopic (exact) mass is 682 g/mol. The first-order valence-corrected chi connectivity index (χ1v) is 16.9. The Labute approximate surface area is 292 Å². The number of piperidine rings is 1. The van der Waals surface area contributed by atoms with Crippen molar-refractivity contribution >= 4 is 51.2 Å². The molecule has 248 valence electrons. The van der Waals surface area contributed by atoms with Gasteiger partial charge in [-0.25, -0.2) is 4.39 Å². The van der Waals surface area contributed by atoms with E-state index in [1.54, 1.807) is 0 Å². The zero-order valence-corrected chi connectivity index (χ0v) is 28.8. The van der Waals surface area contributed by atoms with E-state index in [9.17, 15) is 14.3 Å². The molecule has 0 amide bonds. The third kappa shape index (κ3) is 9.48. The number of aliphatic hydroxyl groups is 1. The molecule has 0 bridgehead atoms. The number of hydrogen-bond acceptors (Lipinski definition) is 5. The molecule has 0 unspecified atom stereocenters. The summed E-state index contributed by atoms with van der Waals surface area (Å²) in [6.45, 7) is 4.47. The summed E-state index contributed by atoms with van der Waals surface area (Å²) in [5.41, 5.74) is 2.88. The molecule has 0 atom stereocenters. The van der Waals surface area contributed by atoms with Crippen LogP contribution in [0, 0.1) is 12.7 Å². The molecular weight excluding hydrogens is 643 g/mol. The van der Waals surface area contributed by atoms with E-state index in [1.807, 2.05) is 78.7 Å². The Morgan fingerprint density at radius 2 is 1.60 bits per heavy atom. The molecule has 5 aromatic carbocycles. The van der Waals surface area contributed by atoms with Crippen molar-refractivity contribution in [3.8, 4) is 5.75 Å². The summed E-state index contributed by atoms with van der Waals surface area (Å²) < 4.78 is 18.7. The van der Waals surface area contributed by atoms with Crippen LogP contribution >= 0.6 is 23.8 Å². The van der Waals surface area contributed by atoms with Crippen LogP contribution in [0.4, 0.5) is 10.1 Å². The summed E-state index contributed by atoms with van der Waals surface area (Å²) in [5.74, 6) is 0.464. The molecule has 5 aromatic rings. The molecule has 1 aliphatic rings. The predicted octanol–water partition coefficient (Wildman–Crippen LogP) is 9.37. The number of rotatable bonds is 8. The summed E-state index contributed by atoms with van der Waals surface area (Å²) >= 11 is 11.3. The second-order valence-corrected chi connectivity index (χ2v) is 13.0. The van der Waals surface area contributed by atoms with Crippen LogP contribution in [-0.2, 0) is 5.60 Å². The van der Waals surface area contributed by atoms with Crippen LogP contribution in [0.5, 0.6) is 5.75 Å². The lowest BCUT2D eigenvalue weighted by Crippen LogP contribution is -2.42. The first-order valence-electron chi connectivity index (χ1n) is 16.1. The van der Waals surface area contributed by atoms with Gasteiger partial charge >= 0.3 is 0 Å². The van der Waals surface area contributed by atoms with Gasteiger partial charge in [-0.05, 0) is 128 Å². The number of carbonyl (C=O) groups excluding carboxylic acids is 1. The molecule has 0 aromatic heterocycles. The maximum Gasteiger partial charge on any atom is 0.269 e. The van der Waals surface area contributed by atoms with Gasteiger partial charge < -0.3 is 19.6 Å². The standard InChI is InChI=1S/C21H23ClFNO2.C19H17NOS/c22-18-7-5-17(6-8-18)21(26)11-14-24(15-12-21)13-1-2-20(25)16-3-9-19(23)10-4-16;1-14-6-5-9-17(12-14)20(2)19(22)21-18-11-10-15-7-3-4-8-16(15)13-18/h3-10,26H,1-2,11-15H2;3-13H,1-2H3. The lowest BCUT2D eigenvalue weighted by molar-refractivity contribution is -0.0260. The van der Waals surface area contributed by atoms with Crippen molar-refractivity contribution < 1.29 is 19.0 Å². The fourth-order valence-corrected chi connectivity index (χ4v) is 6.11.